The molecule has 5 nitrogen and oxygen atoms in total. The maximum absolute atomic E-state index is 11.9. The van der Waals surface area contributed by atoms with Crippen LogP contribution in [0.5, 0.6) is 11.5 Å². The fourth-order valence-electron chi connectivity index (χ4n) is 3.29. The standard InChI is InChI=1S/C21H25BrN2O3/c1-3-27-19-12-16(11-18(22)21(19)26-2)14-23-13-15-6-4-7-17(10-15)24-9-5-8-20(24)25/h4,6-7,10-12,23H,3,5,8-9,13-14H2,1-2H3. The number of hydrogen-bond donors (Lipinski definition) is 1. The highest BCUT2D eigenvalue weighted by Crippen LogP contribution is 2.36. The predicted molar refractivity (Wildman–Crippen MR) is 110 cm³/mol. The summed E-state index contributed by atoms with van der Waals surface area (Å²) in [5.41, 5.74) is 3.25. The number of rotatable bonds is 8. The molecule has 0 aromatic heterocycles. The van der Waals surface area contributed by atoms with Crippen molar-refractivity contribution in [3.8, 4) is 11.5 Å². The fraction of sp³-hybridized carbons (Fsp3) is 0.381. The molecule has 0 bridgehead atoms. The van der Waals surface area contributed by atoms with Gasteiger partial charge in [0, 0.05) is 31.7 Å². The van der Waals surface area contributed by atoms with E-state index in [1.807, 2.05) is 36.1 Å². The highest BCUT2D eigenvalue weighted by Gasteiger charge is 2.21. The van der Waals surface area contributed by atoms with Crippen molar-refractivity contribution in [3.05, 3.63) is 52.0 Å². The van der Waals surface area contributed by atoms with Gasteiger partial charge in [-0.15, -0.1) is 0 Å². The van der Waals surface area contributed by atoms with Gasteiger partial charge in [-0.05, 0) is 64.7 Å². The van der Waals surface area contributed by atoms with Gasteiger partial charge in [0.25, 0.3) is 0 Å². The molecule has 144 valence electrons. The Kier molecular flexibility index (Phi) is 6.74. The highest BCUT2D eigenvalue weighted by atomic mass is 79.9. The first-order chi connectivity index (χ1) is 13.1. The molecule has 0 radical (unpaired) electrons. The van der Waals surface area contributed by atoms with Crippen molar-refractivity contribution >= 4 is 27.5 Å². The molecule has 1 aliphatic rings. The van der Waals surface area contributed by atoms with Crippen LogP contribution in [-0.2, 0) is 17.9 Å². The van der Waals surface area contributed by atoms with Crippen molar-refractivity contribution < 1.29 is 14.3 Å². The van der Waals surface area contributed by atoms with Crippen molar-refractivity contribution in [1.82, 2.24) is 5.32 Å². The lowest BCUT2D eigenvalue weighted by molar-refractivity contribution is -0.117. The Morgan fingerprint density at radius 2 is 2.00 bits per heavy atom. The van der Waals surface area contributed by atoms with Gasteiger partial charge in [-0.3, -0.25) is 4.79 Å². The lowest BCUT2D eigenvalue weighted by Crippen LogP contribution is -2.23. The third kappa shape index (κ3) is 4.82. The Morgan fingerprint density at radius 1 is 1.19 bits per heavy atom. The van der Waals surface area contributed by atoms with Crippen LogP contribution in [0.3, 0.4) is 0 Å². The number of carbonyl (C=O) groups excluding carboxylic acids is 1. The van der Waals surface area contributed by atoms with Crippen LogP contribution in [0, 0.1) is 0 Å². The SMILES string of the molecule is CCOc1cc(CNCc2cccc(N3CCCC3=O)c2)cc(Br)c1OC. The molecule has 1 fully saturated rings. The summed E-state index contributed by atoms with van der Waals surface area (Å²) in [6.07, 6.45) is 1.59. The molecule has 0 saturated carbocycles. The van der Waals surface area contributed by atoms with Crippen LogP contribution in [0.1, 0.15) is 30.9 Å². The highest BCUT2D eigenvalue weighted by molar-refractivity contribution is 9.10. The second-order valence-corrected chi connectivity index (χ2v) is 7.32. The zero-order chi connectivity index (χ0) is 19.2. The van der Waals surface area contributed by atoms with E-state index in [2.05, 4.69) is 33.4 Å². The number of anilines is 1. The molecule has 0 spiro atoms. The number of nitrogens with one attached hydrogen (secondary N) is 1. The molecule has 0 aliphatic carbocycles. The van der Waals surface area contributed by atoms with Crippen molar-refractivity contribution in [2.45, 2.75) is 32.9 Å². The molecule has 1 aliphatic heterocycles. The van der Waals surface area contributed by atoms with Crippen LogP contribution in [0.25, 0.3) is 0 Å². The zero-order valence-corrected chi connectivity index (χ0v) is 17.3. The van der Waals surface area contributed by atoms with E-state index < -0.39 is 0 Å². The lowest BCUT2D eigenvalue weighted by Gasteiger charge is -2.17. The number of nitrogens with zero attached hydrogens (tertiary/aromatic N) is 1. The van der Waals surface area contributed by atoms with Crippen LogP contribution in [0.4, 0.5) is 5.69 Å². The van der Waals surface area contributed by atoms with Crippen LogP contribution < -0.4 is 19.7 Å². The number of halogens is 1. The van der Waals surface area contributed by atoms with Crippen LogP contribution in [0.15, 0.2) is 40.9 Å². The van der Waals surface area contributed by atoms with Gasteiger partial charge in [-0.2, -0.15) is 0 Å². The summed E-state index contributed by atoms with van der Waals surface area (Å²) >= 11 is 3.55. The third-order valence-corrected chi connectivity index (χ3v) is 5.12. The number of carbonyl (C=O) groups is 1. The van der Waals surface area contributed by atoms with Gasteiger partial charge in [-0.25, -0.2) is 0 Å². The maximum atomic E-state index is 11.9. The van der Waals surface area contributed by atoms with Gasteiger partial charge in [0.05, 0.1) is 18.2 Å². The molecule has 1 saturated heterocycles. The fourth-order valence-corrected chi connectivity index (χ4v) is 3.94. The molecular weight excluding hydrogens is 408 g/mol. The minimum atomic E-state index is 0.214. The number of amides is 1. The Balaban J connectivity index is 1.64. The maximum Gasteiger partial charge on any atom is 0.227 e. The minimum Gasteiger partial charge on any atom is -0.492 e. The Labute approximate surface area is 168 Å². The van der Waals surface area contributed by atoms with E-state index in [0.29, 0.717) is 25.3 Å². The number of benzene rings is 2. The quantitative estimate of drug-likeness (QED) is 0.676. The molecule has 0 atom stereocenters. The van der Waals surface area contributed by atoms with Gasteiger partial charge in [-0.1, -0.05) is 12.1 Å². The third-order valence-electron chi connectivity index (χ3n) is 4.53. The van der Waals surface area contributed by atoms with E-state index in [9.17, 15) is 4.79 Å². The summed E-state index contributed by atoms with van der Waals surface area (Å²) in [5.74, 6) is 1.66. The Bertz CT molecular complexity index is 810. The van der Waals surface area contributed by atoms with E-state index in [1.165, 1.54) is 0 Å². The van der Waals surface area contributed by atoms with Crippen molar-refractivity contribution in [2.24, 2.45) is 0 Å². The first kappa shape index (κ1) is 19.7. The number of hydrogen-bond acceptors (Lipinski definition) is 4. The molecule has 2 aromatic rings. The average Bonchev–Trinajstić information content (AvgIpc) is 3.08. The van der Waals surface area contributed by atoms with Crippen molar-refractivity contribution in [2.75, 3.05) is 25.2 Å². The van der Waals surface area contributed by atoms with Crippen molar-refractivity contribution in [3.63, 3.8) is 0 Å². The number of ether oxygens (including phenoxy) is 2. The summed E-state index contributed by atoms with van der Waals surface area (Å²) in [5, 5.41) is 3.46. The van der Waals surface area contributed by atoms with Crippen LogP contribution >= 0.6 is 15.9 Å². The molecule has 6 heteroatoms. The summed E-state index contributed by atoms with van der Waals surface area (Å²) in [6, 6.07) is 12.2. The van der Waals surface area contributed by atoms with E-state index >= 15 is 0 Å². The predicted octanol–water partition coefficient (Wildman–Crippen LogP) is 4.27. The first-order valence-electron chi connectivity index (χ1n) is 9.21. The van der Waals surface area contributed by atoms with Gasteiger partial charge in [0.15, 0.2) is 11.5 Å². The first-order valence-corrected chi connectivity index (χ1v) is 10.0. The van der Waals surface area contributed by atoms with Crippen LogP contribution in [0.2, 0.25) is 0 Å². The summed E-state index contributed by atoms with van der Waals surface area (Å²) < 4.78 is 12.0. The van der Waals surface area contributed by atoms with E-state index in [1.54, 1.807) is 7.11 Å². The zero-order valence-electron chi connectivity index (χ0n) is 15.8. The van der Waals surface area contributed by atoms with Gasteiger partial charge in [0.2, 0.25) is 5.91 Å². The largest absolute Gasteiger partial charge is 0.492 e. The van der Waals surface area contributed by atoms with E-state index in [0.717, 1.165) is 46.5 Å². The molecule has 1 amide bonds. The molecule has 2 aromatic carbocycles. The molecular formula is C21H25BrN2O3. The van der Waals surface area contributed by atoms with Crippen molar-refractivity contribution in [1.29, 1.82) is 0 Å². The Hall–Kier alpha value is -2.05. The minimum absolute atomic E-state index is 0.214. The second-order valence-electron chi connectivity index (χ2n) is 6.46. The average molecular weight is 433 g/mol. The number of methoxy groups -OCH3 is 1. The molecule has 27 heavy (non-hydrogen) atoms. The monoisotopic (exact) mass is 432 g/mol. The molecule has 3 rings (SSSR count). The lowest BCUT2D eigenvalue weighted by atomic mass is 10.1. The Morgan fingerprint density at radius 3 is 2.70 bits per heavy atom. The van der Waals surface area contributed by atoms with Gasteiger partial charge >= 0.3 is 0 Å². The summed E-state index contributed by atoms with van der Waals surface area (Å²) in [7, 11) is 1.64. The normalized spacial score (nSPS) is 13.9. The molecule has 0 unspecified atom stereocenters. The topological polar surface area (TPSA) is 50.8 Å². The van der Waals surface area contributed by atoms with Gasteiger partial charge < -0.3 is 19.7 Å². The summed E-state index contributed by atoms with van der Waals surface area (Å²) in [6.45, 7) is 4.78. The molecule has 1 heterocycles. The molecule has 1 N–H and O–H groups in total. The van der Waals surface area contributed by atoms with E-state index in [-0.39, 0.29) is 5.91 Å². The second kappa shape index (κ2) is 9.24. The smallest absolute Gasteiger partial charge is 0.227 e. The van der Waals surface area contributed by atoms with Crippen LogP contribution in [-0.4, -0.2) is 26.2 Å². The van der Waals surface area contributed by atoms with Gasteiger partial charge in [0.1, 0.15) is 0 Å². The van der Waals surface area contributed by atoms with E-state index in [4.69, 9.17) is 9.47 Å². The summed E-state index contributed by atoms with van der Waals surface area (Å²) in [4.78, 5) is 13.8.